The zero-order chi connectivity index (χ0) is 12.1. The molecule has 2 nitrogen and oxygen atoms in total. The van der Waals surface area contributed by atoms with Gasteiger partial charge in [0.05, 0.1) is 0 Å². The molecule has 0 aliphatic carbocycles. The van der Waals surface area contributed by atoms with Crippen LogP contribution in [0.25, 0.3) is 0 Å². The van der Waals surface area contributed by atoms with Crippen LogP contribution in [0.3, 0.4) is 0 Å². The van der Waals surface area contributed by atoms with E-state index >= 15 is 0 Å². The Balaban J connectivity index is 1.81. The van der Waals surface area contributed by atoms with Gasteiger partial charge in [-0.05, 0) is 37.1 Å². The van der Waals surface area contributed by atoms with Gasteiger partial charge in [-0.2, -0.15) is 0 Å². The molecule has 1 fully saturated rings. The van der Waals surface area contributed by atoms with Crippen LogP contribution in [0, 0.1) is 0 Å². The van der Waals surface area contributed by atoms with E-state index in [0.29, 0.717) is 6.04 Å². The van der Waals surface area contributed by atoms with E-state index < -0.39 is 0 Å². The number of nitrogens with one attached hydrogen (secondary N) is 1. The number of hydrogen-bond acceptors (Lipinski definition) is 2. The van der Waals surface area contributed by atoms with Gasteiger partial charge in [-0.3, -0.25) is 4.90 Å². The van der Waals surface area contributed by atoms with Gasteiger partial charge in [0.15, 0.2) is 0 Å². The third kappa shape index (κ3) is 3.98. The van der Waals surface area contributed by atoms with Gasteiger partial charge < -0.3 is 5.32 Å². The van der Waals surface area contributed by atoms with E-state index in [0.717, 1.165) is 24.7 Å². The molecule has 17 heavy (non-hydrogen) atoms. The first kappa shape index (κ1) is 12.9. The summed E-state index contributed by atoms with van der Waals surface area (Å²) in [6.07, 6.45) is 2.48. The lowest BCUT2D eigenvalue weighted by Crippen LogP contribution is -2.32. The Bertz CT molecular complexity index is 354. The van der Waals surface area contributed by atoms with E-state index in [-0.39, 0.29) is 0 Å². The van der Waals surface area contributed by atoms with E-state index in [1.165, 1.54) is 24.9 Å². The maximum absolute atomic E-state index is 6.00. The van der Waals surface area contributed by atoms with Crippen LogP contribution in [0.5, 0.6) is 0 Å². The first-order valence-corrected chi connectivity index (χ1v) is 6.86. The zero-order valence-corrected chi connectivity index (χ0v) is 11.2. The zero-order valence-electron chi connectivity index (χ0n) is 10.5. The standard InChI is InChI=1S/C14H21ClN2/c1-2-7-16-14-6-8-17(11-14)10-12-4-3-5-13(15)9-12/h3-5,9,14,16H,2,6-8,10-11H2,1H3. The number of benzene rings is 1. The Morgan fingerprint density at radius 3 is 3.12 bits per heavy atom. The second-order valence-corrected chi connectivity index (χ2v) is 5.24. The minimum absolute atomic E-state index is 0.675. The molecule has 1 aromatic carbocycles. The normalized spacial score (nSPS) is 20.9. The summed E-state index contributed by atoms with van der Waals surface area (Å²) in [5, 5.41) is 4.43. The smallest absolute Gasteiger partial charge is 0.0409 e. The minimum atomic E-state index is 0.675. The second-order valence-electron chi connectivity index (χ2n) is 4.80. The van der Waals surface area contributed by atoms with E-state index in [9.17, 15) is 0 Å². The van der Waals surface area contributed by atoms with Gasteiger partial charge >= 0.3 is 0 Å². The lowest BCUT2D eigenvalue weighted by atomic mass is 10.2. The summed E-state index contributed by atoms with van der Waals surface area (Å²) in [7, 11) is 0. The third-order valence-electron chi connectivity index (χ3n) is 3.25. The molecule has 0 amide bonds. The number of likely N-dealkylation sites (tertiary alicyclic amines) is 1. The molecule has 0 radical (unpaired) electrons. The molecule has 1 aliphatic rings. The molecule has 0 bridgehead atoms. The van der Waals surface area contributed by atoms with Crippen LogP contribution in [0.2, 0.25) is 5.02 Å². The maximum Gasteiger partial charge on any atom is 0.0409 e. The van der Waals surface area contributed by atoms with Gasteiger partial charge in [0, 0.05) is 30.7 Å². The SMILES string of the molecule is CCCNC1CCN(Cc2cccc(Cl)c2)C1. The van der Waals surface area contributed by atoms with Crippen LogP contribution in [0.1, 0.15) is 25.3 Å². The van der Waals surface area contributed by atoms with Crippen molar-refractivity contribution in [3.8, 4) is 0 Å². The maximum atomic E-state index is 6.00. The van der Waals surface area contributed by atoms with Crippen LogP contribution in [-0.4, -0.2) is 30.6 Å². The third-order valence-corrected chi connectivity index (χ3v) is 3.49. The minimum Gasteiger partial charge on any atom is -0.313 e. The molecule has 1 aromatic rings. The highest BCUT2D eigenvalue weighted by Gasteiger charge is 2.21. The van der Waals surface area contributed by atoms with Crippen molar-refractivity contribution in [2.24, 2.45) is 0 Å². The Morgan fingerprint density at radius 2 is 2.35 bits per heavy atom. The van der Waals surface area contributed by atoms with Crippen molar-refractivity contribution < 1.29 is 0 Å². The molecular weight excluding hydrogens is 232 g/mol. The number of nitrogens with zero attached hydrogens (tertiary/aromatic N) is 1. The van der Waals surface area contributed by atoms with Crippen molar-refractivity contribution in [3.05, 3.63) is 34.9 Å². The number of halogens is 1. The molecule has 1 heterocycles. The molecule has 94 valence electrons. The molecule has 0 aromatic heterocycles. The Morgan fingerprint density at radius 1 is 1.47 bits per heavy atom. The van der Waals surface area contributed by atoms with Crippen LogP contribution in [0.4, 0.5) is 0 Å². The van der Waals surface area contributed by atoms with Crippen molar-refractivity contribution in [1.82, 2.24) is 10.2 Å². The molecule has 1 unspecified atom stereocenters. The molecule has 1 N–H and O–H groups in total. The second kappa shape index (κ2) is 6.39. The Labute approximate surface area is 109 Å². The predicted octanol–water partition coefficient (Wildman–Crippen LogP) is 2.91. The lowest BCUT2D eigenvalue weighted by molar-refractivity contribution is 0.320. The van der Waals surface area contributed by atoms with E-state index in [1.54, 1.807) is 0 Å². The molecule has 0 saturated carbocycles. The summed E-state index contributed by atoms with van der Waals surface area (Å²) in [5.74, 6) is 0. The van der Waals surface area contributed by atoms with Gasteiger partial charge in [-0.1, -0.05) is 30.7 Å². The van der Waals surface area contributed by atoms with Crippen LogP contribution >= 0.6 is 11.6 Å². The molecule has 1 saturated heterocycles. The molecule has 3 heteroatoms. The number of rotatable bonds is 5. The van der Waals surface area contributed by atoms with Crippen LogP contribution < -0.4 is 5.32 Å². The molecule has 1 aliphatic heterocycles. The van der Waals surface area contributed by atoms with Crippen molar-refractivity contribution >= 4 is 11.6 Å². The van der Waals surface area contributed by atoms with Crippen molar-refractivity contribution in [3.63, 3.8) is 0 Å². The average molecular weight is 253 g/mol. The van der Waals surface area contributed by atoms with E-state index in [1.807, 2.05) is 12.1 Å². The highest BCUT2D eigenvalue weighted by molar-refractivity contribution is 6.30. The summed E-state index contributed by atoms with van der Waals surface area (Å²) in [6, 6.07) is 8.85. The van der Waals surface area contributed by atoms with Crippen molar-refractivity contribution in [2.45, 2.75) is 32.4 Å². The number of hydrogen-bond donors (Lipinski definition) is 1. The van der Waals surface area contributed by atoms with Gasteiger partial charge in [0.25, 0.3) is 0 Å². The van der Waals surface area contributed by atoms with E-state index in [2.05, 4.69) is 29.3 Å². The Kier molecular flexibility index (Phi) is 4.84. The lowest BCUT2D eigenvalue weighted by Gasteiger charge is -2.16. The molecule has 1 atom stereocenters. The quantitative estimate of drug-likeness (QED) is 0.867. The molecule has 0 spiro atoms. The monoisotopic (exact) mass is 252 g/mol. The summed E-state index contributed by atoms with van der Waals surface area (Å²) in [5.41, 5.74) is 1.31. The first-order chi connectivity index (χ1) is 8.28. The fourth-order valence-electron chi connectivity index (χ4n) is 2.38. The van der Waals surface area contributed by atoms with Gasteiger partial charge in [-0.25, -0.2) is 0 Å². The van der Waals surface area contributed by atoms with Crippen LogP contribution in [0.15, 0.2) is 24.3 Å². The van der Waals surface area contributed by atoms with Crippen molar-refractivity contribution in [1.29, 1.82) is 0 Å². The summed E-state index contributed by atoms with van der Waals surface area (Å²) >= 11 is 6.00. The van der Waals surface area contributed by atoms with Crippen molar-refractivity contribution in [2.75, 3.05) is 19.6 Å². The van der Waals surface area contributed by atoms with Gasteiger partial charge in [0.2, 0.25) is 0 Å². The van der Waals surface area contributed by atoms with E-state index in [4.69, 9.17) is 11.6 Å². The summed E-state index contributed by atoms with van der Waals surface area (Å²) in [6.45, 7) is 6.71. The van der Waals surface area contributed by atoms with Gasteiger partial charge in [0.1, 0.15) is 0 Å². The highest BCUT2D eigenvalue weighted by Crippen LogP contribution is 2.16. The highest BCUT2D eigenvalue weighted by atomic mass is 35.5. The fraction of sp³-hybridized carbons (Fsp3) is 0.571. The summed E-state index contributed by atoms with van der Waals surface area (Å²) in [4.78, 5) is 2.50. The fourth-order valence-corrected chi connectivity index (χ4v) is 2.60. The topological polar surface area (TPSA) is 15.3 Å². The molecule has 2 rings (SSSR count). The molecular formula is C14H21ClN2. The Hall–Kier alpha value is -0.570. The largest absolute Gasteiger partial charge is 0.313 e. The van der Waals surface area contributed by atoms with Gasteiger partial charge in [-0.15, -0.1) is 0 Å². The van der Waals surface area contributed by atoms with Crippen LogP contribution in [-0.2, 0) is 6.54 Å². The average Bonchev–Trinajstić information content (AvgIpc) is 2.74. The summed E-state index contributed by atoms with van der Waals surface area (Å²) < 4.78 is 0. The first-order valence-electron chi connectivity index (χ1n) is 6.48. The predicted molar refractivity (Wildman–Crippen MR) is 73.4 cm³/mol.